The number of carbonyl (C=O) groups excluding carboxylic acids is 1. The van der Waals surface area contributed by atoms with Gasteiger partial charge in [-0.05, 0) is 29.5 Å². The third kappa shape index (κ3) is 4.05. The lowest BCUT2D eigenvalue weighted by atomic mass is 9.97. The molecule has 0 saturated heterocycles. The van der Waals surface area contributed by atoms with Gasteiger partial charge >= 0.3 is 0 Å². The number of aryl methyl sites for hydroxylation is 1. The number of nitrogens with one attached hydrogen (secondary N) is 1. The number of rotatable bonds is 3. The van der Waals surface area contributed by atoms with Crippen LogP contribution in [0.15, 0.2) is 24.3 Å². The fourth-order valence-corrected chi connectivity index (χ4v) is 1.34. The summed E-state index contributed by atoms with van der Waals surface area (Å²) in [5.41, 5.74) is 2.12. The van der Waals surface area contributed by atoms with E-state index in [9.17, 15) is 4.79 Å². The second kappa shape index (κ2) is 5.15. The Morgan fingerprint density at radius 1 is 1.19 bits per heavy atom. The molecule has 0 radical (unpaired) electrons. The molecule has 0 aliphatic heterocycles. The van der Waals surface area contributed by atoms with Gasteiger partial charge in [-0.25, -0.2) is 0 Å². The van der Waals surface area contributed by atoms with Crippen LogP contribution in [0, 0.1) is 5.41 Å². The van der Waals surface area contributed by atoms with Crippen molar-refractivity contribution in [2.45, 2.75) is 34.1 Å². The Kier molecular flexibility index (Phi) is 4.11. The Hall–Kier alpha value is -1.31. The summed E-state index contributed by atoms with van der Waals surface area (Å²) in [6.45, 7) is 9.12. The molecule has 1 aromatic rings. The molecule has 16 heavy (non-hydrogen) atoms. The fraction of sp³-hybridized carbons (Fsp3) is 0.500. The van der Waals surface area contributed by atoms with Crippen LogP contribution in [0.3, 0.4) is 0 Å². The van der Waals surface area contributed by atoms with E-state index in [0.717, 1.165) is 12.0 Å². The molecule has 0 atom stereocenters. The summed E-state index contributed by atoms with van der Waals surface area (Å²) >= 11 is 0. The van der Waals surface area contributed by atoms with Crippen LogP contribution in [0.5, 0.6) is 0 Å². The van der Waals surface area contributed by atoms with E-state index in [0.29, 0.717) is 6.54 Å². The molecule has 2 nitrogen and oxygen atoms in total. The molecule has 1 N–H and O–H groups in total. The van der Waals surface area contributed by atoms with Crippen molar-refractivity contribution in [3.63, 3.8) is 0 Å². The quantitative estimate of drug-likeness (QED) is 0.831. The Labute approximate surface area is 98.1 Å². The first-order valence-corrected chi connectivity index (χ1v) is 5.79. The molecule has 0 saturated carbocycles. The Morgan fingerprint density at radius 2 is 1.75 bits per heavy atom. The van der Waals surface area contributed by atoms with Crippen molar-refractivity contribution < 1.29 is 4.79 Å². The normalized spacial score (nSPS) is 11.2. The van der Waals surface area contributed by atoms with E-state index in [1.165, 1.54) is 5.56 Å². The van der Waals surface area contributed by atoms with Gasteiger partial charge in [0.15, 0.2) is 0 Å². The summed E-state index contributed by atoms with van der Waals surface area (Å²) in [7, 11) is 0. The van der Waals surface area contributed by atoms with E-state index in [1.807, 2.05) is 24.3 Å². The second-order valence-electron chi connectivity index (χ2n) is 5.29. The highest BCUT2D eigenvalue weighted by atomic mass is 16.1. The zero-order valence-corrected chi connectivity index (χ0v) is 10.6. The monoisotopic (exact) mass is 219 g/mol. The lowest BCUT2D eigenvalue weighted by Gasteiger charge is -2.18. The van der Waals surface area contributed by atoms with Gasteiger partial charge in [-0.2, -0.15) is 0 Å². The van der Waals surface area contributed by atoms with Crippen LogP contribution in [-0.2, 0) is 6.42 Å². The molecule has 0 aromatic heterocycles. The molecule has 0 bridgehead atoms. The van der Waals surface area contributed by atoms with Gasteiger partial charge in [0, 0.05) is 12.1 Å². The minimum absolute atomic E-state index is 0.0116. The van der Waals surface area contributed by atoms with Crippen LogP contribution in [-0.4, -0.2) is 12.5 Å². The molecular weight excluding hydrogens is 198 g/mol. The van der Waals surface area contributed by atoms with Crippen LogP contribution in [0.4, 0.5) is 0 Å². The summed E-state index contributed by atoms with van der Waals surface area (Å²) in [5.74, 6) is 0.0116. The molecule has 0 aliphatic carbocycles. The van der Waals surface area contributed by atoms with Crippen molar-refractivity contribution >= 4 is 5.91 Å². The summed E-state index contributed by atoms with van der Waals surface area (Å²) in [6, 6.07) is 7.78. The van der Waals surface area contributed by atoms with E-state index < -0.39 is 0 Å². The highest BCUT2D eigenvalue weighted by Gasteiger charge is 2.12. The van der Waals surface area contributed by atoms with E-state index in [4.69, 9.17) is 0 Å². The highest BCUT2D eigenvalue weighted by Crippen LogP contribution is 2.11. The molecule has 2 heteroatoms. The molecule has 0 fully saturated rings. The zero-order valence-electron chi connectivity index (χ0n) is 10.6. The predicted octanol–water partition coefficient (Wildman–Crippen LogP) is 3.02. The second-order valence-corrected chi connectivity index (χ2v) is 5.29. The molecule has 1 amide bonds. The van der Waals surface area contributed by atoms with Crippen molar-refractivity contribution in [3.8, 4) is 0 Å². The minimum Gasteiger partial charge on any atom is -0.352 e. The molecule has 1 rings (SSSR count). The first-order valence-electron chi connectivity index (χ1n) is 5.79. The van der Waals surface area contributed by atoms with Gasteiger partial charge in [-0.1, -0.05) is 39.8 Å². The largest absolute Gasteiger partial charge is 0.352 e. The highest BCUT2D eigenvalue weighted by molar-refractivity contribution is 5.94. The molecule has 1 aromatic carbocycles. The maximum atomic E-state index is 11.8. The van der Waals surface area contributed by atoms with Crippen LogP contribution < -0.4 is 5.32 Å². The number of amides is 1. The molecule has 88 valence electrons. The smallest absolute Gasteiger partial charge is 0.251 e. The molecular formula is C14H21NO. The SMILES string of the molecule is CCc1ccc(C(=O)NCC(C)(C)C)cc1. The number of hydrogen-bond donors (Lipinski definition) is 1. The first-order chi connectivity index (χ1) is 7.42. The summed E-state index contributed by atoms with van der Waals surface area (Å²) in [5, 5.41) is 2.94. The Bertz CT molecular complexity index is 346. The molecule has 0 spiro atoms. The van der Waals surface area contributed by atoms with E-state index in [2.05, 4.69) is 33.0 Å². The predicted molar refractivity (Wildman–Crippen MR) is 67.6 cm³/mol. The van der Waals surface area contributed by atoms with Crippen molar-refractivity contribution in [2.75, 3.05) is 6.54 Å². The molecule has 0 unspecified atom stereocenters. The number of benzene rings is 1. The van der Waals surface area contributed by atoms with Crippen LogP contribution in [0.25, 0.3) is 0 Å². The molecule has 0 heterocycles. The third-order valence-electron chi connectivity index (χ3n) is 2.40. The summed E-state index contributed by atoms with van der Waals surface area (Å²) in [6.07, 6.45) is 1.00. The summed E-state index contributed by atoms with van der Waals surface area (Å²) < 4.78 is 0. The van der Waals surface area contributed by atoms with Gasteiger partial charge < -0.3 is 5.32 Å². The van der Waals surface area contributed by atoms with Gasteiger partial charge in [0.1, 0.15) is 0 Å². The summed E-state index contributed by atoms with van der Waals surface area (Å²) in [4.78, 5) is 11.8. The number of hydrogen-bond acceptors (Lipinski definition) is 1. The minimum atomic E-state index is 0.0116. The lowest BCUT2D eigenvalue weighted by molar-refractivity contribution is 0.0939. The van der Waals surface area contributed by atoms with Gasteiger partial charge in [-0.3, -0.25) is 4.79 Å². The average molecular weight is 219 g/mol. The van der Waals surface area contributed by atoms with E-state index in [1.54, 1.807) is 0 Å². The van der Waals surface area contributed by atoms with Gasteiger partial charge in [0.05, 0.1) is 0 Å². The first kappa shape index (κ1) is 12.8. The maximum Gasteiger partial charge on any atom is 0.251 e. The van der Waals surface area contributed by atoms with Crippen LogP contribution in [0.2, 0.25) is 0 Å². The zero-order chi connectivity index (χ0) is 12.2. The fourth-order valence-electron chi connectivity index (χ4n) is 1.34. The van der Waals surface area contributed by atoms with Crippen LogP contribution >= 0.6 is 0 Å². The van der Waals surface area contributed by atoms with E-state index >= 15 is 0 Å². The van der Waals surface area contributed by atoms with Crippen molar-refractivity contribution in [1.29, 1.82) is 0 Å². The van der Waals surface area contributed by atoms with Crippen molar-refractivity contribution in [3.05, 3.63) is 35.4 Å². The standard InChI is InChI=1S/C14H21NO/c1-5-11-6-8-12(9-7-11)13(16)15-10-14(2,3)4/h6-9H,5,10H2,1-4H3,(H,15,16). The van der Waals surface area contributed by atoms with Gasteiger partial charge in [-0.15, -0.1) is 0 Å². The van der Waals surface area contributed by atoms with E-state index in [-0.39, 0.29) is 11.3 Å². The Balaban J connectivity index is 2.59. The maximum absolute atomic E-state index is 11.8. The third-order valence-corrected chi connectivity index (χ3v) is 2.40. The molecule has 0 aliphatic rings. The van der Waals surface area contributed by atoms with Crippen molar-refractivity contribution in [1.82, 2.24) is 5.32 Å². The Morgan fingerprint density at radius 3 is 2.19 bits per heavy atom. The topological polar surface area (TPSA) is 29.1 Å². The number of carbonyl (C=O) groups is 1. The van der Waals surface area contributed by atoms with Crippen molar-refractivity contribution in [2.24, 2.45) is 5.41 Å². The average Bonchev–Trinajstić information content (AvgIpc) is 2.25. The van der Waals surface area contributed by atoms with Gasteiger partial charge in [0.2, 0.25) is 0 Å². The lowest BCUT2D eigenvalue weighted by Crippen LogP contribution is -2.32. The van der Waals surface area contributed by atoms with Gasteiger partial charge in [0.25, 0.3) is 5.91 Å². The van der Waals surface area contributed by atoms with Crippen LogP contribution in [0.1, 0.15) is 43.6 Å².